The van der Waals surface area contributed by atoms with Gasteiger partial charge in [-0.3, -0.25) is 19.6 Å². The first kappa shape index (κ1) is 54.3. The van der Waals surface area contributed by atoms with Crippen molar-refractivity contribution in [3.63, 3.8) is 0 Å². The van der Waals surface area contributed by atoms with Gasteiger partial charge < -0.3 is 9.80 Å². The molecule has 2 aromatic heterocycles. The maximum atomic E-state index is 15.4. The SMILES string of the molecule is CCCCCCCCCCC(CCCCCCCC)CN1C(=O)C2=C(c3ccc(Br)cn3)N(CC(CCCCCCCC)CCCCCCCCCC)C(=O)C2=C1c1ccc(Br)cn1. The minimum absolute atomic E-state index is 0.0651. The van der Waals surface area contributed by atoms with Crippen molar-refractivity contribution < 1.29 is 9.59 Å². The van der Waals surface area contributed by atoms with E-state index >= 15 is 9.59 Å². The zero-order valence-electron chi connectivity index (χ0n) is 41.0. The molecule has 8 heteroatoms. The molecule has 0 fully saturated rings. The lowest BCUT2D eigenvalue weighted by atomic mass is 9.93. The summed E-state index contributed by atoms with van der Waals surface area (Å²) in [7, 11) is 0. The second-order valence-electron chi connectivity index (χ2n) is 19.4. The molecule has 2 unspecified atom stereocenters. The number of pyridine rings is 2. The van der Waals surface area contributed by atoms with E-state index in [1.807, 2.05) is 34.1 Å². The van der Waals surface area contributed by atoms with Crippen LogP contribution in [0.15, 0.2) is 56.8 Å². The first-order valence-corrected chi connectivity index (χ1v) is 28.3. The van der Waals surface area contributed by atoms with Gasteiger partial charge in [0.25, 0.3) is 11.8 Å². The van der Waals surface area contributed by atoms with Crippen LogP contribution in [-0.2, 0) is 9.59 Å². The molecular weight excluding hydrogens is 920 g/mol. The van der Waals surface area contributed by atoms with Gasteiger partial charge >= 0.3 is 0 Å². The van der Waals surface area contributed by atoms with Gasteiger partial charge in [-0.25, -0.2) is 0 Å². The van der Waals surface area contributed by atoms with Crippen LogP contribution in [-0.4, -0.2) is 44.7 Å². The Kier molecular flexibility index (Phi) is 27.5. The maximum Gasteiger partial charge on any atom is 0.261 e. The number of nitrogens with zero attached hydrogens (tertiary/aromatic N) is 4. The number of hydrogen-bond acceptors (Lipinski definition) is 4. The van der Waals surface area contributed by atoms with Gasteiger partial charge in [0.2, 0.25) is 0 Å². The molecule has 0 saturated heterocycles. The molecule has 0 bridgehead atoms. The first-order chi connectivity index (χ1) is 31.3. The number of amides is 2. The molecule has 2 aliphatic heterocycles. The second kappa shape index (κ2) is 32.4. The van der Waals surface area contributed by atoms with Crippen molar-refractivity contribution >= 4 is 55.1 Å². The molecule has 2 amide bonds. The Morgan fingerprint density at radius 3 is 0.922 bits per heavy atom. The summed E-state index contributed by atoms with van der Waals surface area (Å²) < 4.78 is 1.75. The normalized spacial score (nSPS) is 15.0. The van der Waals surface area contributed by atoms with Crippen LogP contribution in [0.4, 0.5) is 0 Å². The number of fused-ring (bicyclic) bond motifs is 1. The van der Waals surface area contributed by atoms with Crippen LogP contribution in [0, 0.1) is 11.8 Å². The van der Waals surface area contributed by atoms with E-state index in [1.165, 1.54) is 180 Å². The summed E-state index contributed by atoms with van der Waals surface area (Å²) in [5.41, 5.74) is 3.80. The summed E-state index contributed by atoms with van der Waals surface area (Å²) in [6.45, 7) is 10.3. The summed E-state index contributed by atoms with van der Waals surface area (Å²) in [5, 5.41) is 0. The van der Waals surface area contributed by atoms with Gasteiger partial charge in [-0.2, -0.15) is 0 Å². The van der Waals surface area contributed by atoms with E-state index in [-0.39, 0.29) is 11.8 Å². The highest BCUT2D eigenvalue weighted by Gasteiger charge is 2.50. The predicted octanol–water partition coefficient (Wildman–Crippen LogP) is 17.6. The molecule has 0 N–H and O–H groups in total. The van der Waals surface area contributed by atoms with Crippen molar-refractivity contribution in [3.8, 4) is 0 Å². The lowest BCUT2D eigenvalue weighted by molar-refractivity contribution is -0.124. The summed E-state index contributed by atoms with van der Waals surface area (Å²) in [5.74, 6) is 0.582. The highest BCUT2D eigenvalue weighted by Crippen LogP contribution is 2.47. The van der Waals surface area contributed by atoms with E-state index in [2.05, 4.69) is 59.6 Å². The summed E-state index contributed by atoms with van der Waals surface area (Å²) in [4.78, 5) is 44.5. The molecule has 0 aliphatic carbocycles. The van der Waals surface area contributed by atoms with Gasteiger partial charge in [0.1, 0.15) is 0 Å². The van der Waals surface area contributed by atoms with Crippen molar-refractivity contribution in [1.82, 2.24) is 19.8 Å². The number of rotatable bonds is 38. The van der Waals surface area contributed by atoms with Crippen LogP contribution in [0.2, 0.25) is 0 Å². The Morgan fingerprint density at radius 1 is 0.406 bits per heavy atom. The van der Waals surface area contributed by atoms with Crippen molar-refractivity contribution in [2.45, 2.75) is 233 Å². The first-order valence-electron chi connectivity index (χ1n) is 26.7. The molecule has 2 aliphatic rings. The Bertz CT molecular complexity index is 1550. The topological polar surface area (TPSA) is 66.4 Å². The number of carbonyl (C=O) groups is 2. The molecule has 2 aromatic rings. The highest BCUT2D eigenvalue weighted by atomic mass is 79.9. The molecule has 4 rings (SSSR count). The zero-order valence-corrected chi connectivity index (χ0v) is 44.2. The van der Waals surface area contributed by atoms with Gasteiger partial charge in [-0.1, -0.05) is 207 Å². The minimum atomic E-state index is -0.0651. The van der Waals surface area contributed by atoms with Gasteiger partial charge in [-0.05, 0) is 93.6 Å². The van der Waals surface area contributed by atoms with Crippen molar-refractivity contribution in [1.29, 1.82) is 0 Å². The number of halogens is 2. The van der Waals surface area contributed by atoms with Crippen LogP contribution in [0.3, 0.4) is 0 Å². The number of aromatic nitrogens is 2. The van der Waals surface area contributed by atoms with Crippen molar-refractivity contribution in [2.75, 3.05) is 13.1 Å². The van der Waals surface area contributed by atoms with E-state index < -0.39 is 0 Å². The summed E-state index contributed by atoms with van der Waals surface area (Å²) in [6.07, 6.45) is 43.7. The molecule has 64 heavy (non-hydrogen) atoms. The third-order valence-corrected chi connectivity index (χ3v) is 14.8. The van der Waals surface area contributed by atoms with Crippen LogP contribution in [0.5, 0.6) is 0 Å². The summed E-state index contributed by atoms with van der Waals surface area (Å²) in [6, 6.07) is 7.94. The van der Waals surface area contributed by atoms with E-state index in [1.54, 1.807) is 12.4 Å². The number of carbonyl (C=O) groups excluding carboxylic acids is 2. The highest BCUT2D eigenvalue weighted by molar-refractivity contribution is 9.10. The Labute approximate surface area is 408 Å². The van der Waals surface area contributed by atoms with Crippen LogP contribution in [0.1, 0.15) is 245 Å². The smallest absolute Gasteiger partial charge is 0.261 e. The van der Waals surface area contributed by atoms with Crippen molar-refractivity contribution in [2.24, 2.45) is 11.8 Å². The molecule has 0 spiro atoms. The fourth-order valence-electron chi connectivity index (χ4n) is 10.0. The van der Waals surface area contributed by atoms with E-state index in [0.29, 0.717) is 58.9 Å². The van der Waals surface area contributed by atoms with E-state index in [4.69, 9.17) is 9.97 Å². The monoisotopic (exact) mass is 1010 g/mol. The fraction of sp³-hybridized carbons (Fsp3) is 0.714. The van der Waals surface area contributed by atoms with Gasteiger partial charge in [0.05, 0.1) is 33.9 Å². The number of unbranched alkanes of at least 4 members (excludes halogenated alkanes) is 24. The molecule has 358 valence electrons. The summed E-state index contributed by atoms with van der Waals surface area (Å²) >= 11 is 7.22. The third-order valence-electron chi connectivity index (χ3n) is 13.9. The standard InChI is InChI=1S/C56H88Br2N4O2/c1-5-9-13-17-21-23-27-31-35-45(33-29-25-19-15-11-7-3)43-61-53(49-39-37-47(57)41-59-49)51-52(55(61)63)54(50-40-38-48(58)42-60-50)62(56(51)64)44-46(34-30-26-20-16-12-8-4)36-32-28-24-22-18-14-10-6-2/h37-42,45-46H,5-36,43-44H2,1-4H3. The molecule has 0 aromatic carbocycles. The van der Waals surface area contributed by atoms with Gasteiger partial charge in [0, 0.05) is 34.4 Å². The van der Waals surface area contributed by atoms with Gasteiger partial charge in [0.15, 0.2) is 0 Å². The average molecular weight is 1010 g/mol. The van der Waals surface area contributed by atoms with Gasteiger partial charge in [-0.15, -0.1) is 0 Å². The Balaban J connectivity index is 1.66. The third kappa shape index (κ3) is 18.4. The average Bonchev–Trinajstić information content (AvgIpc) is 3.73. The van der Waals surface area contributed by atoms with E-state index in [9.17, 15) is 0 Å². The minimum Gasteiger partial charge on any atom is -0.305 e. The Morgan fingerprint density at radius 2 is 0.672 bits per heavy atom. The zero-order chi connectivity index (χ0) is 45.8. The maximum absolute atomic E-state index is 15.4. The fourth-order valence-corrected chi connectivity index (χ4v) is 10.5. The molecule has 6 nitrogen and oxygen atoms in total. The molecule has 0 saturated carbocycles. The lowest BCUT2D eigenvalue weighted by Crippen LogP contribution is -2.35. The van der Waals surface area contributed by atoms with Crippen LogP contribution < -0.4 is 0 Å². The number of hydrogen-bond donors (Lipinski definition) is 0. The van der Waals surface area contributed by atoms with Crippen molar-refractivity contribution in [3.05, 3.63) is 68.1 Å². The second-order valence-corrected chi connectivity index (χ2v) is 21.2. The molecular formula is C56H88Br2N4O2. The molecule has 4 heterocycles. The Hall–Kier alpha value is -2.32. The molecule has 0 radical (unpaired) electrons. The largest absolute Gasteiger partial charge is 0.305 e. The van der Waals surface area contributed by atoms with E-state index in [0.717, 1.165) is 34.6 Å². The quantitative estimate of drug-likeness (QED) is 0.0629. The predicted molar refractivity (Wildman–Crippen MR) is 279 cm³/mol. The molecule has 2 atom stereocenters. The van der Waals surface area contributed by atoms with Crippen LogP contribution in [0.25, 0.3) is 11.4 Å². The van der Waals surface area contributed by atoms with Crippen LogP contribution >= 0.6 is 31.9 Å². The lowest BCUT2D eigenvalue weighted by Gasteiger charge is -2.30.